The van der Waals surface area contributed by atoms with Crippen molar-refractivity contribution in [2.75, 3.05) is 5.32 Å². The molecule has 2 N–H and O–H groups in total. The van der Waals surface area contributed by atoms with Crippen LogP contribution in [0.15, 0.2) is 12.1 Å². The summed E-state index contributed by atoms with van der Waals surface area (Å²) in [6.07, 6.45) is 0. The highest BCUT2D eigenvalue weighted by molar-refractivity contribution is 5.67. The Labute approximate surface area is 79.5 Å². The Morgan fingerprint density at radius 2 is 2.36 bits per heavy atom. The fourth-order valence-corrected chi connectivity index (χ4v) is 1.34. The Morgan fingerprint density at radius 1 is 1.64 bits per heavy atom. The highest BCUT2D eigenvalue weighted by Crippen LogP contribution is 2.39. The van der Waals surface area contributed by atoms with Crippen LogP contribution in [0.4, 0.5) is 10.1 Å². The summed E-state index contributed by atoms with van der Waals surface area (Å²) in [5.41, 5.74) is 0.209. The molecule has 0 aromatic heterocycles. The maximum Gasteiger partial charge on any atom is 0.287 e. The summed E-state index contributed by atoms with van der Waals surface area (Å²) >= 11 is 0. The summed E-state index contributed by atoms with van der Waals surface area (Å²) in [6, 6.07) is 4.24. The van der Waals surface area contributed by atoms with E-state index in [0.29, 0.717) is 5.69 Å². The van der Waals surface area contributed by atoms with Crippen LogP contribution >= 0.6 is 0 Å². The van der Waals surface area contributed by atoms with E-state index in [2.05, 4.69) is 5.32 Å². The van der Waals surface area contributed by atoms with Crippen LogP contribution in [0.1, 0.15) is 12.5 Å². The molecule has 0 fully saturated rings. The number of halogens is 1. The number of aliphatic hydroxyl groups is 1. The molecule has 4 nitrogen and oxygen atoms in total. The van der Waals surface area contributed by atoms with Crippen LogP contribution in [0.5, 0.6) is 5.75 Å². The molecule has 1 atom stereocenters. The van der Waals surface area contributed by atoms with Crippen molar-refractivity contribution in [3.8, 4) is 11.8 Å². The summed E-state index contributed by atoms with van der Waals surface area (Å²) < 4.78 is 18.1. The smallest absolute Gasteiger partial charge is 0.287 e. The van der Waals surface area contributed by atoms with E-state index in [0.717, 1.165) is 6.07 Å². The second-order valence-electron chi connectivity index (χ2n) is 3.12. The van der Waals surface area contributed by atoms with Gasteiger partial charge in [-0.05, 0) is 12.1 Å². The first-order valence-corrected chi connectivity index (χ1v) is 3.96. The van der Waals surface area contributed by atoms with Crippen LogP contribution in [-0.2, 0) is 0 Å². The van der Waals surface area contributed by atoms with Crippen LogP contribution in [0.3, 0.4) is 0 Å². The maximum atomic E-state index is 13.1. The van der Waals surface area contributed by atoms with Gasteiger partial charge in [-0.15, -0.1) is 0 Å². The normalized spacial score (nSPS) is 23.3. The lowest BCUT2D eigenvalue weighted by Crippen LogP contribution is -2.35. The van der Waals surface area contributed by atoms with E-state index in [1.807, 2.05) is 0 Å². The molecule has 0 bridgehead atoms. The molecule has 0 spiro atoms. The fraction of sp³-hybridized carbons (Fsp3) is 0.222. The molecule has 14 heavy (non-hydrogen) atoms. The number of hydrogen-bond acceptors (Lipinski definition) is 4. The minimum Gasteiger partial charge on any atom is -0.441 e. The second kappa shape index (κ2) is 2.59. The molecule has 1 unspecified atom stereocenters. The van der Waals surface area contributed by atoms with Crippen molar-refractivity contribution < 1.29 is 14.2 Å². The van der Waals surface area contributed by atoms with Gasteiger partial charge in [-0.3, -0.25) is 0 Å². The predicted molar refractivity (Wildman–Crippen MR) is 46.0 cm³/mol. The summed E-state index contributed by atoms with van der Waals surface area (Å²) in [4.78, 5) is 0. The largest absolute Gasteiger partial charge is 0.441 e. The Bertz CT molecular complexity index is 437. The number of benzene rings is 1. The number of fused-ring (bicyclic) bond motifs is 1. The molecular formula is C9H7FN2O2. The van der Waals surface area contributed by atoms with Crippen LogP contribution in [0.25, 0.3) is 0 Å². The van der Waals surface area contributed by atoms with Crippen LogP contribution in [0, 0.1) is 17.1 Å². The van der Waals surface area contributed by atoms with Gasteiger partial charge in [0.25, 0.3) is 5.91 Å². The van der Waals surface area contributed by atoms with Crippen LogP contribution < -0.4 is 10.1 Å². The lowest BCUT2D eigenvalue weighted by atomic mass is 10.2. The first kappa shape index (κ1) is 8.78. The minimum absolute atomic E-state index is 0.0532. The van der Waals surface area contributed by atoms with Gasteiger partial charge in [-0.25, -0.2) is 4.39 Å². The van der Waals surface area contributed by atoms with Gasteiger partial charge in [-0.1, -0.05) is 0 Å². The highest BCUT2D eigenvalue weighted by Gasteiger charge is 2.34. The van der Waals surface area contributed by atoms with Gasteiger partial charge in [-0.2, -0.15) is 5.26 Å². The molecule has 5 heteroatoms. The molecule has 0 amide bonds. The number of nitrogens with one attached hydrogen (secondary N) is 1. The first-order valence-electron chi connectivity index (χ1n) is 3.96. The molecule has 0 radical (unpaired) electrons. The highest BCUT2D eigenvalue weighted by atomic mass is 19.1. The lowest BCUT2D eigenvalue weighted by Gasteiger charge is -2.15. The summed E-state index contributed by atoms with van der Waals surface area (Å²) in [5, 5.41) is 20.7. The lowest BCUT2D eigenvalue weighted by molar-refractivity contribution is -0.0835. The van der Waals surface area contributed by atoms with Crippen molar-refractivity contribution in [1.29, 1.82) is 5.26 Å². The third-order valence-electron chi connectivity index (χ3n) is 1.89. The van der Waals surface area contributed by atoms with Crippen molar-refractivity contribution in [3.63, 3.8) is 0 Å². The molecule has 0 saturated heterocycles. The summed E-state index contributed by atoms with van der Waals surface area (Å²) in [6.45, 7) is 1.37. The summed E-state index contributed by atoms with van der Waals surface area (Å²) in [5.74, 6) is -2.19. The van der Waals surface area contributed by atoms with Crippen molar-refractivity contribution in [2.45, 2.75) is 12.8 Å². The Balaban J connectivity index is 2.59. The molecule has 72 valence electrons. The topological polar surface area (TPSA) is 65.3 Å². The number of rotatable bonds is 0. The molecule has 0 aliphatic carbocycles. The van der Waals surface area contributed by atoms with Crippen LogP contribution in [0.2, 0.25) is 0 Å². The monoisotopic (exact) mass is 194 g/mol. The van der Waals surface area contributed by atoms with Gasteiger partial charge < -0.3 is 15.2 Å². The summed E-state index contributed by atoms with van der Waals surface area (Å²) in [7, 11) is 0. The van der Waals surface area contributed by atoms with Gasteiger partial charge in [0.1, 0.15) is 17.4 Å². The van der Waals surface area contributed by atoms with Gasteiger partial charge in [0.05, 0.1) is 5.69 Å². The quantitative estimate of drug-likeness (QED) is 0.650. The number of ether oxygens (including phenoxy) is 1. The molecule has 1 aliphatic rings. The van der Waals surface area contributed by atoms with Crippen LogP contribution in [-0.4, -0.2) is 11.0 Å². The third kappa shape index (κ3) is 1.17. The van der Waals surface area contributed by atoms with E-state index in [1.54, 1.807) is 6.07 Å². The fourth-order valence-electron chi connectivity index (χ4n) is 1.34. The number of anilines is 1. The zero-order valence-electron chi connectivity index (χ0n) is 7.34. The third-order valence-corrected chi connectivity index (χ3v) is 1.89. The van der Waals surface area contributed by atoms with E-state index in [-0.39, 0.29) is 11.3 Å². The molecule has 1 aliphatic heterocycles. The van der Waals surface area contributed by atoms with Gasteiger partial charge >= 0.3 is 0 Å². The minimum atomic E-state index is -1.58. The second-order valence-corrected chi connectivity index (χ2v) is 3.12. The first-order chi connectivity index (χ1) is 6.53. The molecule has 0 saturated carbocycles. The molecule has 1 aromatic carbocycles. The predicted octanol–water partition coefficient (Wildman–Crippen LogP) is 1.17. The Hall–Kier alpha value is -1.80. The van der Waals surface area contributed by atoms with E-state index >= 15 is 0 Å². The zero-order valence-corrected chi connectivity index (χ0v) is 7.34. The zero-order chi connectivity index (χ0) is 10.3. The number of nitrogens with zero attached hydrogens (tertiary/aromatic N) is 1. The number of hydrogen-bond donors (Lipinski definition) is 2. The molecule has 2 rings (SSSR count). The Kier molecular flexibility index (Phi) is 1.63. The van der Waals surface area contributed by atoms with Crippen molar-refractivity contribution >= 4 is 5.69 Å². The van der Waals surface area contributed by atoms with E-state index in [4.69, 9.17) is 10.00 Å². The maximum absolute atomic E-state index is 13.1. The van der Waals surface area contributed by atoms with E-state index in [9.17, 15) is 9.50 Å². The average Bonchev–Trinajstić information content (AvgIpc) is 2.39. The van der Waals surface area contributed by atoms with Crippen molar-refractivity contribution in [1.82, 2.24) is 0 Å². The van der Waals surface area contributed by atoms with E-state index in [1.165, 1.54) is 13.0 Å². The average molecular weight is 194 g/mol. The van der Waals surface area contributed by atoms with Gasteiger partial charge in [0, 0.05) is 6.92 Å². The molecule has 1 aromatic rings. The van der Waals surface area contributed by atoms with Crippen molar-refractivity contribution in [2.24, 2.45) is 0 Å². The van der Waals surface area contributed by atoms with Gasteiger partial charge in [0.15, 0.2) is 5.75 Å². The van der Waals surface area contributed by atoms with Gasteiger partial charge in [0.2, 0.25) is 0 Å². The molecular weight excluding hydrogens is 187 g/mol. The number of nitriles is 1. The van der Waals surface area contributed by atoms with Crippen molar-refractivity contribution in [3.05, 3.63) is 23.5 Å². The SMILES string of the molecule is CC1(O)Nc2ccc(F)c(C#N)c2O1. The molecule has 1 heterocycles. The standard InChI is InChI=1S/C9H7FN2O2/c1-9(13)12-7-3-2-6(10)5(4-11)8(7)14-9/h2-3,12-13H,1H3. The van der Waals surface area contributed by atoms with E-state index < -0.39 is 11.7 Å². The Morgan fingerprint density at radius 3 is 3.00 bits per heavy atom.